The summed E-state index contributed by atoms with van der Waals surface area (Å²) in [7, 11) is 0. The van der Waals surface area contributed by atoms with E-state index in [1.54, 1.807) is 12.1 Å². The number of nitrogens with one attached hydrogen (secondary N) is 1. The molecule has 1 aliphatic carbocycles. The molecule has 0 radical (unpaired) electrons. The predicted molar refractivity (Wildman–Crippen MR) is 86.4 cm³/mol. The molecule has 1 N–H and O–H groups in total. The zero-order valence-corrected chi connectivity index (χ0v) is 14.0. The smallest absolute Gasteiger partial charge is 0.231 e. The van der Waals surface area contributed by atoms with Crippen LogP contribution in [0, 0.1) is 17.3 Å². The number of benzene rings is 1. The van der Waals surface area contributed by atoms with Crippen LogP contribution in [0.1, 0.15) is 27.7 Å². The Labute approximate surface area is 135 Å². The molecule has 1 aromatic carbocycles. The van der Waals surface area contributed by atoms with Gasteiger partial charge in [-0.1, -0.05) is 37.1 Å². The molecule has 3 rings (SSSR count). The summed E-state index contributed by atoms with van der Waals surface area (Å²) in [6.45, 7) is 8.52. The molecule has 1 heterocycles. The number of halogens is 1. The van der Waals surface area contributed by atoms with E-state index in [0.29, 0.717) is 22.2 Å². The van der Waals surface area contributed by atoms with Crippen molar-refractivity contribution in [3.8, 4) is 11.5 Å². The minimum Gasteiger partial charge on any atom is -0.454 e. The van der Waals surface area contributed by atoms with Gasteiger partial charge in [0.25, 0.3) is 0 Å². The van der Waals surface area contributed by atoms with E-state index < -0.39 is 0 Å². The fourth-order valence-electron chi connectivity index (χ4n) is 3.07. The Kier molecular flexibility index (Phi) is 3.60. The zero-order chi connectivity index (χ0) is 16.1. The van der Waals surface area contributed by atoms with Gasteiger partial charge in [0.1, 0.15) is 0 Å². The van der Waals surface area contributed by atoms with Crippen molar-refractivity contribution in [3.05, 3.63) is 28.8 Å². The summed E-state index contributed by atoms with van der Waals surface area (Å²) in [6, 6.07) is 3.39. The number of anilines is 1. The minimum atomic E-state index is -0.0381. The normalized spacial score (nSPS) is 23.9. The van der Waals surface area contributed by atoms with Crippen molar-refractivity contribution >= 4 is 23.2 Å². The van der Waals surface area contributed by atoms with Crippen LogP contribution in [0.2, 0.25) is 5.02 Å². The summed E-state index contributed by atoms with van der Waals surface area (Å²) in [4.78, 5) is 12.6. The lowest BCUT2D eigenvalue weighted by molar-refractivity contribution is -0.118. The monoisotopic (exact) mass is 321 g/mol. The van der Waals surface area contributed by atoms with Crippen LogP contribution < -0.4 is 14.8 Å². The maximum Gasteiger partial charge on any atom is 0.231 e. The number of fused-ring (bicyclic) bond motifs is 1. The highest BCUT2D eigenvalue weighted by atomic mass is 35.5. The van der Waals surface area contributed by atoms with Crippen LogP contribution in [0.4, 0.5) is 5.69 Å². The van der Waals surface area contributed by atoms with E-state index >= 15 is 0 Å². The van der Waals surface area contributed by atoms with Gasteiger partial charge in [-0.3, -0.25) is 4.79 Å². The Morgan fingerprint density at radius 2 is 1.95 bits per heavy atom. The third-order valence-electron chi connectivity index (χ3n) is 4.43. The van der Waals surface area contributed by atoms with Crippen LogP contribution in [0.15, 0.2) is 23.8 Å². The zero-order valence-electron chi connectivity index (χ0n) is 13.2. The molecule has 0 spiro atoms. The number of ether oxygens (including phenoxy) is 2. The topological polar surface area (TPSA) is 47.6 Å². The minimum absolute atomic E-state index is 0.00624. The highest BCUT2D eigenvalue weighted by Gasteiger charge is 2.60. The Morgan fingerprint density at radius 1 is 1.32 bits per heavy atom. The van der Waals surface area contributed by atoms with Crippen molar-refractivity contribution < 1.29 is 14.3 Å². The quantitative estimate of drug-likeness (QED) is 0.847. The Hall–Kier alpha value is -1.68. The average Bonchev–Trinajstić information content (AvgIpc) is 2.76. The highest BCUT2D eigenvalue weighted by Crippen LogP contribution is 2.59. The summed E-state index contributed by atoms with van der Waals surface area (Å²) in [5.74, 6) is 1.44. The van der Waals surface area contributed by atoms with Gasteiger partial charge in [-0.25, -0.2) is 0 Å². The van der Waals surface area contributed by atoms with Crippen molar-refractivity contribution in [1.82, 2.24) is 0 Å². The van der Waals surface area contributed by atoms with Gasteiger partial charge < -0.3 is 14.8 Å². The molecule has 1 aromatic rings. The maximum absolute atomic E-state index is 12.6. The molecule has 1 fully saturated rings. The standard InChI is InChI=1S/C17H20ClNO3/c1-9(2)5-10-15(17(10,3)4)16(20)19-12-7-14-13(6-11(12)18)21-8-22-14/h5-7,10,15H,8H2,1-4H3,(H,19,20). The van der Waals surface area contributed by atoms with E-state index in [9.17, 15) is 4.79 Å². The van der Waals surface area contributed by atoms with Gasteiger partial charge in [0.15, 0.2) is 11.5 Å². The van der Waals surface area contributed by atoms with E-state index in [1.165, 1.54) is 5.57 Å². The van der Waals surface area contributed by atoms with Gasteiger partial charge in [-0.2, -0.15) is 0 Å². The molecule has 2 aliphatic rings. The summed E-state index contributed by atoms with van der Waals surface area (Å²) < 4.78 is 10.6. The van der Waals surface area contributed by atoms with Crippen molar-refractivity contribution in [2.45, 2.75) is 27.7 Å². The lowest BCUT2D eigenvalue weighted by Gasteiger charge is -2.09. The molecule has 4 nitrogen and oxygen atoms in total. The lowest BCUT2D eigenvalue weighted by atomic mass is 10.1. The molecular weight excluding hydrogens is 302 g/mol. The van der Waals surface area contributed by atoms with Gasteiger partial charge in [0.05, 0.1) is 16.6 Å². The molecule has 118 valence electrons. The number of hydrogen-bond acceptors (Lipinski definition) is 3. The van der Waals surface area contributed by atoms with E-state index in [-0.39, 0.29) is 30.0 Å². The Balaban J connectivity index is 1.77. The number of rotatable bonds is 3. The van der Waals surface area contributed by atoms with Gasteiger partial charge in [0, 0.05) is 12.1 Å². The molecule has 1 aliphatic heterocycles. The molecule has 0 bridgehead atoms. The van der Waals surface area contributed by atoms with Gasteiger partial charge in [0.2, 0.25) is 12.7 Å². The molecule has 5 heteroatoms. The maximum atomic E-state index is 12.6. The molecule has 2 atom stereocenters. The average molecular weight is 322 g/mol. The first kappa shape index (κ1) is 15.2. The molecule has 0 aromatic heterocycles. The van der Waals surface area contributed by atoms with Crippen molar-refractivity contribution in [2.75, 3.05) is 12.1 Å². The SMILES string of the molecule is CC(C)=CC1C(C(=O)Nc2cc3c(cc2Cl)OCO3)C1(C)C. The molecule has 1 amide bonds. The van der Waals surface area contributed by atoms with E-state index in [4.69, 9.17) is 21.1 Å². The summed E-state index contributed by atoms with van der Waals surface area (Å²) in [5.41, 5.74) is 1.77. The fraction of sp³-hybridized carbons (Fsp3) is 0.471. The van der Waals surface area contributed by atoms with Crippen LogP contribution in [-0.4, -0.2) is 12.7 Å². The van der Waals surface area contributed by atoms with Crippen molar-refractivity contribution in [2.24, 2.45) is 17.3 Å². The number of carbonyl (C=O) groups is 1. The summed E-state index contributed by atoms with van der Waals surface area (Å²) in [6.07, 6.45) is 2.17. The molecule has 0 saturated heterocycles. The van der Waals surface area contributed by atoms with E-state index in [1.807, 2.05) is 0 Å². The molecule has 22 heavy (non-hydrogen) atoms. The second kappa shape index (κ2) is 5.20. The molecule has 1 saturated carbocycles. The molecular formula is C17H20ClNO3. The predicted octanol–water partition coefficient (Wildman–Crippen LogP) is 4.25. The van der Waals surface area contributed by atoms with Gasteiger partial charge in [-0.05, 0) is 25.2 Å². The van der Waals surface area contributed by atoms with Crippen LogP contribution in [0.5, 0.6) is 11.5 Å². The van der Waals surface area contributed by atoms with E-state index in [2.05, 4.69) is 39.1 Å². The number of carbonyl (C=O) groups excluding carboxylic acids is 1. The second-order valence-corrected chi connectivity index (χ2v) is 7.15. The lowest BCUT2D eigenvalue weighted by Crippen LogP contribution is -2.17. The highest BCUT2D eigenvalue weighted by molar-refractivity contribution is 6.34. The number of hydrogen-bond donors (Lipinski definition) is 1. The van der Waals surface area contributed by atoms with Crippen LogP contribution in [0.25, 0.3) is 0 Å². The Bertz CT molecular complexity index is 662. The van der Waals surface area contributed by atoms with Gasteiger partial charge in [-0.15, -0.1) is 0 Å². The first-order valence-corrected chi connectivity index (χ1v) is 7.73. The summed E-state index contributed by atoms with van der Waals surface area (Å²) in [5, 5.41) is 3.38. The summed E-state index contributed by atoms with van der Waals surface area (Å²) >= 11 is 6.21. The van der Waals surface area contributed by atoms with Crippen LogP contribution >= 0.6 is 11.6 Å². The third kappa shape index (κ3) is 2.56. The number of allylic oxidation sites excluding steroid dienone is 2. The first-order valence-electron chi connectivity index (χ1n) is 7.35. The van der Waals surface area contributed by atoms with Crippen LogP contribution in [-0.2, 0) is 4.79 Å². The van der Waals surface area contributed by atoms with E-state index in [0.717, 1.165) is 0 Å². The van der Waals surface area contributed by atoms with Crippen LogP contribution in [0.3, 0.4) is 0 Å². The molecule has 2 unspecified atom stereocenters. The van der Waals surface area contributed by atoms with Crippen molar-refractivity contribution in [3.63, 3.8) is 0 Å². The first-order chi connectivity index (χ1) is 10.3. The fourth-order valence-corrected chi connectivity index (χ4v) is 3.27. The van der Waals surface area contributed by atoms with Crippen molar-refractivity contribution in [1.29, 1.82) is 0 Å². The Morgan fingerprint density at radius 3 is 2.59 bits per heavy atom. The number of amides is 1. The largest absolute Gasteiger partial charge is 0.454 e. The second-order valence-electron chi connectivity index (χ2n) is 6.74. The van der Waals surface area contributed by atoms with Gasteiger partial charge >= 0.3 is 0 Å². The third-order valence-corrected chi connectivity index (χ3v) is 4.74.